The van der Waals surface area contributed by atoms with E-state index < -0.39 is 0 Å². The number of ether oxygens (including phenoxy) is 1. The summed E-state index contributed by atoms with van der Waals surface area (Å²) >= 11 is 3.42. The Kier molecular flexibility index (Phi) is 6.74. The van der Waals surface area contributed by atoms with E-state index in [2.05, 4.69) is 25.8 Å². The summed E-state index contributed by atoms with van der Waals surface area (Å²) in [6.45, 7) is 7.90. The van der Waals surface area contributed by atoms with Gasteiger partial charge in [-0.1, -0.05) is 28.1 Å². The van der Waals surface area contributed by atoms with Crippen LogP contribution in [0.2, 0.25) is 0 Å². The van der Waals surface area contributed by atoms with E-state index in [1.807, 2.05) is 33.8 Å². The Morgan fingerprint density at radius 1 is 1.32 bits per heavy atom. The first-order valence-electron chi connectivity index (χ1n) is 6.80. The zero-order valence-corrected chi connectivity index (χ0v) is 14.7. The number of halogens is 2. The third-order valence-electron chi connectivity index (χ3n) is 2.52. The van der Waals surface area contributed by atoms with Crippen LogP contribution in [0.3, 0.4) is 0 Å². The van der Waals surface area contributed by atoms with Crippen LogP contribution in [-0.2, 0) is 9.53 Å². The third-order valence-corrected chi connectivity index (χ3v) is 2.99. The van der Waals surface area contributed by atoms with E-state index in [4.69, 9.17) is 0 Å². The molecule has 120 valence electrons. The molecule has 0 aliphatic rings. The van der Waals surface area contributed by atoms with Gasteiger partial charge in [0, 0.05) is 6.20 Å². The maximum atomic E-state index is 13.4. The van der Waals surface area contributed by atoms with Gasteiger partial charge in [-0.3, -0.25) is 4.79 Å². The van der Waals surface area contributed by atoms with Crippen molar-refractivity contribution in [2.45, 2.75) is 38.1 Å². The van der Waals surface area contributed by atoms with Gasteiger partial charge >= 0.3 is 0 Å². The van der Waals surface area contributed by atoms with E-state index >= 15 is 0 Å². The van der Waals surface area contributed by atoms with Crippen molar-refractivity contribution in [2.75, 3.05) is 0 Å². The number of hydrogen-bond acceptors (Lipinski definition) is 3. The van der Waals surface area contributed by atoms with Gasteiger partial charge in [-0.15, -0.1) is 0 Å². The van der Waals surface area contributed by atoms with Crippen molar-refractivity contribution in [1.82, 2.24) is 9.78 Å². The van der Waals surface area contributed by atoms with Crippen molar-refractivity contribution >= 4 is 22.4 Å². The predicted molar refractivity (Wildman–Crippen MR) is 87.8 cm³/mol. The van der Waals surface area contributed by atoms with Crippen molar-refractivity contribution in [1.29, 1.82) is 0 Å². The van der Waals surface area contributed by atoms with E-state index in [1.165, 1.54) is 6.07 Å². The molecule has 0 aliphatic heterocycles. The minimum Gasteiger partial charge on any atom is -0.462 e. The fourth-order valence-electron chi connectivity index (χ4n) is 1.47. The number of carbonyl (C=O) groups excluding carboxylic acids is 1. The van der Waals surface area contributed by atoms with Crippen LogP contribution in [-0.4, -0.2) is 21.9 Å². The quantitative estimate of drug-likeness (QED) is 0.593. The highest BCUT2D eigenvalue weighted by Crippen LogP contribution is 2.20. The van der Waals surface area contributed by atoms with E-state index in [0.717, 1.165) is 5.69 Å². The maximum absolute atomic E-state index is 13.4. The second-order valence-corrected chi connectivity index (χ2v) is 6.95. The topological polar surface area (TPSA) is 44.1 Å². The minimum atomic E-state index is -0.318. The Labute approximate surface area is 138 Å². The van der Waals surface area contributed by atoms with Crippen LogP contribution < -0.4 is 0 Å². The largest absolute Gasteiger partial charge is 0.462 e. The van der Waals surface area contributed by atoms with E-state index in [-0.39, 0.29) is 16.2 Å². The summed E-state index contributed by atoms with van der Waals surface area (Å²) in [5.74, 6) is -0.269. The second kappa shape index (κ2) is 8.08. The molecule has 0 fully saturated rings. The normalized spacial score (nSPS) is 12.1. The summed E-state index contributed by atoms with van der Waals surface area (Å²) in [7, 11) is 0. The fraction of sp³-hybridized carbons (Fsp3) is 0.375. The number of para-hydroxylation sites is 1. The SMILES string of the molecule is CC(Br)c1ccn(-c2ccccc2F)n1.CC(C)(C)OC=O. The lowest BCUT2D eigenvalue weighted by atomic mass is 10.2. The van der Waals surface area contributed by atoms with Gasteiger partial charge in [0.1, 0.15) is 17.1 Å². The number of alkyl halides is 1. The monoisotopic (exact) mass is 370 g/mol. The number of aromatic nitrogens is 2. The van der Waals surface area contributed by atoms with Gasteiger partial charge in [-0.05, 0) is 45.9 Å². The highest BCUT2D eigenvalue weighted by Gasteiger charge is 2.08. The zero-order chi connectivity index (χ0) is 16.8. The molecule has 0 radical (unpaired) electrons. The van der Waals surface area contributed by atoms with E-state index in [0.29, 0.717) is 12.2 Å². The predicted octanol–water partition coefficient (Wildman–Crippen LogP) is 4.43. The van der Waals surface area contributed by atoms with Gasteiger partial charge < -0.3 is 4.74 Å². The molecule has 0 spiro atoms. The standard InChI is InChI=1S/C11H10BrFN2.C5H10O2/c1-8(12)10-6-7-15(14-10)11-5-3-2-4-9(11)13;1-5(2,3)7-4-6/h2-8H,1H3;4H,1-3H3. The van der Waals surface area contributed by atoms with E-state index in [9.17, 15) is 9.18 Å². The van der Waals surface area contributed by atoms with Crippen LogP contribution in [0.5, 0.6) is 0 Å². The van der Waals surface area contributed by atoms with Gasteiger partial charge in [0.05, 0.1) is 10.5 Å². The number of nitrogens with zero attached hydrogens (tertiary/aromatic N) is 2. The molecule has 1 heterocycles. The fourth-order valence-corrected chi connectivity index (χ4v) is 1.71. The number of rotatable bonds is 3. The lowest BCUT2D eigenvalue weighted by molar-refractivity contribution is -0.138. The molecule has 0 aliphatic carbocycles. The minimum absolute atomic E-state index is 0.172. The summed E-state index contributed by atoms with van der Waals surface area (Å²) in [6.07, 6.45) is 1.76. The molecule has 22 heavy (non-hydrogen) atoms. The van der Waals surface area contributed by atoms with Crippen LogP contribution in [0.4, 0.5) is 4.39 Å². The Balaban J connectivity index is 0.000000295. The Morgan fingerprint density at radius 2 is 1.95 bits per heavy atom. The van der Waals surface area contributed by atoms with E-state index in [1.54, 1.807) is 29.1 Å². The molecule has 0 saturated heterocycles. The summed E-state index contributed by atoms with van der Waals surface area (Å²) in [5, 5.41) is 4.27. The van der Waals surface area contributed by atoms with Crippen molar-refractivity contribution in [3.63, 3.8) is 0 Å². The van der Waals surface area contributed by atoms with Crippen molar-refractivity contribution in [3.05, 3.63) is 48.0 Å². The average Bonchev–Trinajstić information content (AvgIpc) is 2.88. The first-order valence-corrected chi connectivity index (χ1v) is 7.72. The first kappa shape index (κ1) is 18.4. The number of carbonyl (C=O) groups is 1. The van der Waals surface area contributed by atoms with Crippen LogP contribution in [0.15, 0.2) is 36.5 Å². The molecule has 0 N–H and O–H groups in total. The van der Waals surface area contributed by atoms with Crippen molar-refractivity contribution in [3.8, 4) is 5.69 Å². The van der Waals surface area contributed by atoms with Gasteiger partial charge in [-0.25, -0.2) is 9.07 Å². The lowest BCUT2D eigenvalue weighted by Gasteiger charge is -2.14. The van der Waals surface area contributed by atoms with Crippen LogP contribution >= 0.6 is 15.9 Å². The summed E-state index contributed by atoms with van der Waals surface area (Å²) in [5.41, 5.74) is 1.04. The third kappa shape index (κ3) is 5.97. The van der Waals surface area contributed by atoms with Gasteiger partial charge in [-0.2, -0.15) is 5.10 Å². The maximum Gasteiger partial charge on any atom is 0.293 e. The molecule has 1 atom stereocenters. The summed E-state index contributed by atoms with van der Waals surface area (Å²) < 4.78 is 19.5. The highest BCUT2D eigenvalue weighted by molar-refractivity contribution is 9.09. The number of hydrogen-bond donors (Lipinski definition) is 0. The molecule has 1 aromatic carbocycles. The van der Waals surface area contributed by atoms with Gasteiger partial charge in [0.15, 0.2) is 0 Å². The Hall–Kier alpha value is -1.69. The van der Waals surface area contributed by atoms with Crippen LogP contribution in [0.25, 0.3) is 5.69 Å². The van der Waals surface area contributed by atoms with Gasteiger partial charge in [0.25, 0.3) is 6.47 Å². The smallest absolute Gasteiger partial charge is 0.293 e. The van der Waals surface area contributed by atoms with Crippen molar-refractivity contribution in [2.24, 2.45) is 0 Å². The summed E-state index contributed by atoms with van der Waals surface area (Å²) in [6, 6.07) is 8.44. The molecular formula is C16H20BrFN2O2. The molecule has 2 aromatic rings. The molecule has 0 bridgehead atoms. The molecule has 4 nitrogen and oxygen atoms in total. The van der Waals surface area contributed by atoms with Gasteiger partial charge in [0.2, 0.25) is 0 Å². The highest BCUT2D eigenvalue weighted by atomic mass is 79.9. The Morgan fingerprint density at radius 3 is 2.36 bits per heavy atom. The van der Waals surface area contributed by atoms with Crippen LogP contribution in [0, 0.1) is 5.82 Å². The second-order valence-electron chi connectivity index (χ2n) is 5.58. The Bertz CT molecular complexity index is 606. The summed E-state index contributed by atoms with van der Waals surface area (Å²) in [4.78, 5) is 9.77. The molecule has 1 unspecified atom stereocenters. The molecule has 1 aromatic heterocycles. The zero-order valence-electron chi connectivity index (χ0n) is 13.1. The lowest BCUT2D eigenvalue weighted by Crippen LogP contribution is -2.17. The van der Waals surface area contributed by atoms with Crippen molar-refractivity contribution < 1.29 is 13.9 Å². The average molecular weight is 371 g/mol. The number of benzene rings is 1. The first-order chi connectivity index (χ1) is 10.2. The molecular weight excluding hydrogens is 351 g/mol. The molecule has 2 rings (SSSR count). The van der Waals surface area contributed by atoms with Crippen LogP contribution in [0.1, 0.15) is 38.2 Å². The molecule has 0 amide bonds. The molecule has 0 saturated carbocycles. The molecule has 6 heteroatoms.